The Labute approximate surface area is 296 Å². The largest absolute Gasteiger partial charge is 0.491 e. The molecule has 2 aliphatic rings. The Morgan fingerprint density at radius 2 is 1.60 bits per heavy atom. The number of hydrogen-bond donors (Lipinski definition) is 4. The second kappa shape index (κ2) is 19.7. The van der Waals surface area contributed by atoms with Gasteiger partial charge in [-0.25, -0.2) is 0 Å². The average Bonchev–Trinajstić information content (AvgIpc) is 3.38. The number of likely N-dealkylation sites (N-methyl/N-ethyl adjacent to an activating group) is 1. The zero-order chi connectivity index (χ0) is 35.9. The lowest BCUT2D eigenvalue weighted by atomic mass is 10.0. The fraction of sp³-hybridized carbons (Fsp3) is 0.553. The first-order chi connectivity index (χ1) is 24.1. The Bertz CT molecular complexity index is 1430. The van der Waals surface area contributed by atoms with Gasteiger partial charge in [-0.05, 0) is 75.4 Å². The van der Waals surface area contributed by atoms with Crippen LogP contribution in [0.4, 0.5) is 0 Å². The van der Waals surface area contributed by atoms with Crippen LogP contribution in [-0.4, -0.2) is 97.8 Å². The monoisotopic (exact) mass is 690 g/mol. The van der Waals surface area contributed by atoms with Crippen molar-refractivity contribution in [1.29, 1.82) is 0 Å². The molecule has 4 N–H and O–H groups in total. The van der Waals surface area contributed by atoms with Crippen LogP contribution in [0, 0.1) is 5.92 Å². The summed E-state index contributed by atoms with van der Waals surface area (Å²) >= 11 is 0. The van der Waals surface area contributed by atoms with E-state index < -0.39 is 35.8 Å². The molecule has 3 atom stereocenters. The van der Waals surface area contributed by atoms with Gasteiger partial charge in [0.05, 0.1) is 18.2 Å². The molecule has 2 aromatic rings. The van der Waals surface area contributed by atoms with Crippen LogP contribution in [0.1, 0.15) is 87.2 Å². The summed E-state index contributed by atoms with van der Waals surface area (Å²) < 4.78 is 6.12. The summed E-state index contributed by atoms with van der Waals surface area (Å²) in [5, 5.41) is 11.6. The number of amides is 5. The number of hydrogen-bond acceptors (Lipinski definition) is 7. The zero-order valence-corrected chi connectivity index (χ0v) is 29.7. The summed E-state index contributed by atoms with van der Waals surface area (Å²) in [5.74, 6) is -1.68. The van der Waals surface area contributed by atoms with Crippen LogP contribution in [0.5, 0.6) is 5.75 Å². The molecule has 4 rings (SSSR count). The van der Waals surface area contributed by atoms with Gasteiger partial charge in [-0.2, -0.15) is 0 Å². The molecular weight excluding hydrogens is 636 g/mol. The molecule has 50 heavy (non-hydrogen) atoms. The van der Waals surface area contributed by atoms with E-state index in [0.29, 0.717) is 24.3 Å². The van der Waals surface area contributed by atoms with Gasteiger partial charge < -0.3 is 35.8 Å². The molecule has 0 spiro atoms. The fourth-order valence-corrected chi connectivity index (χ4v) is 6.44. The van der Waals surface area contributed by atoms with Gasteiger partial charge in [0, 0.05) is 20.0 Å². The van der Waals surface area contributed by atoms with Gasteiger partial charge in [-0.15, -0.1) is 0 Å². The first kappa shape index (κ1) is 38.4. The first-order valence-corrected chi connectivity index (χ1v) is 18.0. The highest BCUT2D eigenvalue weighted by Crippen LogP contribution is 2.21. The van der Waals surface area contributed by atoms with E-state index in [2.05, 4.69) is 26.2 Å². The first-order valence-electron chi connectivity index (χ1n) is 18.0. The van der Waals surface area contributed by atoms with Crippen molar-refractivity contribution < 1.29 is 28.7 Å². The second-order valence-electron chi connectivity index (χ2n) is 13.8. The molecule has 0 unspecified atom stereocenters. The number of fused-ring (bicyclic) bond motifs is 1. The van der Waals surface area contributed by atoms with E-state index in [0.717, 1.165) is 26.1 Å². The Morgan fingerprint density at radius 1 is 0.900 bits per heavy atom. The molecule has 2 aromatic carbocycles. The van der Waals surface area contributed by atoms with Crippen LogP contribution in [0.3, 0.4) is 0 Å². The summed E-state index contributed by atoms with van der Waals surface area (Å²) in [6.07, 6.45) is 6.11. The van der Waals surface area contributed by atoms with Crippen molar-refractivity contribution in [1.82, 2.24) is 31.1 Å². The highest BCUT2D eigenvalue weighted by atomic mass is 16.5. The minimum absolute atomic E-state index is 0.00294. The van der Waals surface area contributed by atoms with Crippen LogP contribution in [0.15, 0.2) is 54.6 Å². The van der Waals surface area contributed by atoms with Crippen molar-refractivity contribution in [3.63, 3.8) is 0 Å². The smallest absolute Gasteiger partial charge is 0.255 e. The Kier molecular flexibility index (Phi) is 15.1. The van der Waals surface area contributed by atoms with Crippen molar-refractivity contribution in [2.24, 2.45) is 5.92 Å². The predicted octanol–water partition coefficient (Wildman–Crippen LogP) is 3.19. The van der Waals surface area contributed by atoms with Gasteiger partial charge in [0.15, 0.2) is 0 Å². The summed E-state index contributed by atoms with van der Waals surface area (Å²) in [5.41, 5.74) is 0.795. The second-order valence-corrected chi connectivity index (χ2v) is 13.8. The van der Waals surface area contributed by atoms with Crippen LogP contribution in [0.2, 0.25) is 0 Å². The zero-order valence-electron chi connectivity index (χ0n) is 29.7. The molecule has 0 saturated carbocycles. The third-order valence-corrected chi connectivity index (χ3v) is 9.07. The molecule has 2 aliphatic heterocycles. The lowest BCUT2D eigenvalue weighted by Crippen LogP contribution is -2.49. The highest BCUT2D eigenvalue weighted by molar-refractivity contribution is 6.00. The van der Waals surface area contributed by atoms with E-state index in [9.17, 15) is 24.0 Å². The molecule has 12 heteroatoms. The Morgan fingerprint density at radius 3 is 2.32 bits per heavy atom. The number of nitrogens with one attached hydrogen (secondary N) is 4. The molecule has 0 bridgehead atoms. The maximum atomic E-state index is 13.7. The number of rotatable bonds is 8. The predicted molar refractivity (Wildman–Crippen MR) is 191 cm³/mol. The Hall–Kier alpha value is -4.45. The summed E-state index contributed by atoms with van der Waals surface area (Å²) in [6, 6.07) is 13.1. The number of para-hydroxylation sites is 1. The molecule has 1 fully saturated rings. The molecule has 1 saturated heterocycles. The van der Waals surface area contributed by atoms with E-state index in [1.807, 2.05) is 19.9 Å². The van der Waals surface area contributed by atoms with Gasteiger partial charge in [0.2, 0.25) is 23.6 Å². The Balaban J connectivity index is 1.56. The van der Waals surface area contributed by atoms with Crippen molar-refractivity contribution in [3.8, 4) is 5.75 Å². The third-order valence-electron chi connectivity index (χ3n) is 9.07. The van der Waals surface area contributed by atoms with Crippen molar-refractivity contribution in [2.75, 3.05) is 46.4 Å². The number of carbonyl (C=O) groups is 5. The molecule has 0 aliphatic carbocycles. The fourth-order valence-electron chi connectivity index (χ4n) is 6.44. The van der Waals surface area contributed by atoms with Gasteiger partial charge >= 0.3 is 0 Å². The lowest BCUT2D eigenvalue weighted by Gasteiger charge is -2.27. The number of carbonyl (C=O) groups excluding carboxylic acids is 5. The number of ether oxygens (including phenoxy) is 1. The lowest BCUT2D eigenvalue weighted by molar-refractivity contribution is -0.138. The molecule has 0 aromatic heterocycles. The van der Waals surface area contributed by atoms with Crippen LogP contribution >= 0.6 is 0 Å². The summed E-state index contributed by atoms with van der Waals surface area (Å²) in [4.78, 5) is 71.2. The quantitative estimate of drug-likeness (QED) is 0.311. The normalized spacial score (nSPS) is 22.2. The molecular formula is C38H54N6O6. The SMILES string of the molecule is CC(C)C[C@H]1COc2ccccc2C(=O)N[C@H](C(=O)NCCCN2CCCCCC2)CCC(=O)N[C@@H](c2ccccc2)C(=O)N(C)CC(=O)N1. The molecule has 0 radical (unpaired) electrons. The van der Waals surface area contributed by atoms with Gasteiger partial charge in [-0.1, -0.05) is 69.2 Å². The molecule has 12 nitrogen and oxygen atoms in total. The summed E-state index contributed by atoms with van der Waals surface area (Å²) in [6.45, 7) is 7.37. The summed E-state index contributed by atoms with van der Waals surface area (Å²) in [7, 11) is 1.52. The minimum Gasteiger partial charge on any atom is -0.491 e. The maximum Gasteiger partial charge on any atom is 0.255 e. The van der Waals surface area contributed by atoms with Crippen molar-refractivity contribution >= 4 is 29.5 Å². The number of nitrogens with zero attached hydrogens (tertiary/aromatic N) is 2. The van der Waals surface area contributed by atoms with Crippen LogP contribution in [-0.2, 0) is 19.2 Å². The van der Waals surface area contributed by atoms with Crippen molar-refractivity contribution in [2.45, 2.75) is 83.3 Å². The standard InChI is InChI=1S/C38H54N6O6/c1-27(2)24-29-26-50-32-17-10-9-16-30(32)36(47)41-31(37(48)39-20-13-23-44-21-11-4-5-12-22-44)18-19-33(45)42-35(28-14-7-6-8-15-28)38(49)43(3)25-34(46)40-29/h6-10,14-17,27,29,31,35H,4-5,11-13,18-26H2,1-3H3,(H,39,48)(H,40,46)(H,41,47)(H,42,45)/t29-,31-,35-/m0/s1. The number of likely N-dealkylation sites (tertiary alicyclic amines) is 1. The van der Waals surface area contributed by atoms with E-state index in [1.54, 1.807) is 48.5 Å². The molecule has 272 valence electrons. The van der Waals surface area contributed by atoms with E-state index in [4.69, 9.17) is 4.74 Å². The maximum absolute atomic E-state index is 13.7. The third kappa shape index (κ3) is 12.2. The van der Waals surface area contributed by atoms with E-state index >= 15 is 0 Å². The van der Waals surface area contributed by atoms with E-state index in [1.165, 1.54) is 37.6 Å². The van der Waals surface area contributed by atoms with Crippen LogP contribution < -0.4 is 26.0 Å². The highest BCUT2D eigenvalue weighted by Gasteiger charge is 2.30. The molecule has 5 amide bonds. The average molecular weight is 691 g/mol. The van der Waals surface area contributed by atoms with E-state index in [-0.39, 0.29) is 49.3 Å². The number of benzene rings is 2. The van der Waals surface area contributed by atoms with Crippen LogP contribution in [0.25, 0.3) is 0 Å². The topological polar surface area (TPSA) is 149 Å². The van der Waals surface area contributed by atoms with Crippen molar-refractivity contribution in [3.05, 3.63) is 65.7 Å². The van der Waals surface area contributed by atoms with Gasteiger partial charge in [-0.3, -0.25) is 24.0 Å². The molecule has 2 heterocycles. The van der Waals surface area contributed by atoms with Gasteiger partial charge in [0.25, 0.3) is 5.91 Å². The van der Waals surface area contributed by atoms with Gasteiger partial charge in [0.1, 0.15) is 24.4 Å². The minimum atomic E-state index is -1.05.